The van der Waals surface area contributed by atoms with E-state index in [1.165, 1.54) is 6.42 Å². The fraction of sp³-hybridized carbons (Fsp3) is 0.875. The highest BCUT2D eigenvalue weighted by Gasteiger charge is 2.31. The van der Waals surface area contributed by atoms with Gasteiger partial charge in [-0.2, -0.15) is 0 Å². The third kappa shape index (κ3) is 2.78. The van der Waals surface area contributed by atoms with Gasteiger partial charge in [0.25, 0.3) is 0 Å². The number of nitrogens with two attached hydrogens (primary N) is 1. The quantitative estimate of drug-likeness (QED) is 0.462. The molecule has 0 bridgehead atoms. The van der Waals surface area contributed by atoms with Gasteiger partial charge in [0.2, 0.25) is 0 Å². The molecular formula is C8H17N3. The molecule has 2 unspecified atom stereocenters. The van der Waals surface area contributed by atoms with Crippen LogP contribution in [-0.4, -0.2) is 19.0 Å². The van der Waals surface area contributed by atoms with E-state index in [0.29, 0.717) is 5.96 Å². The topological polar surface area (TPSA) is 50.4 Å². The van der Waals surface area contributed by atoms with Gasteiger partial charge in [0.1, 0.15) is 0 Å². The smallest absolute Gasteiger partial charge is 0.188 e. The van der Waals surface area contributed by atoms with Crippen molar-refractivity contribution in [2.45, 2.75) is 20.3 Å². The predicted octanol–water partition coefficient (Wildman–Crippen LogP) is 0.567. The van der Waals surface area contributed by atoms with Crippen LogP contribution in [0.5, 0.6) is 0 Å². The molecule has 1 aliphatic rings. The van der Waals surface area contributed by atoms with Crippen LogP contribution in [0.1, 0.15) is 20.3 Å². The van der Waals surface area contributed by atoms with Gasteiger partial charge < -0.3 is 11.1 Å². The van der Waals surface area contributed by atoms with Gasteiger partial charge in [0.15, 0.2) is 5.96 Å². The highest BCUT2D eigenvalue weighted by atomic mass is 15.1. The third-order valence-corrected chi connectivity index (χ3v) is 2.13. The second-order valence-electron chi connectivity index (χ2n) is 3.23. The van der Waals surface area contributed by atoms with Crippen LogP contribution in [0.4, 0.5) is 0 Å². The molecule has 2 atom stereocenters. The Labute approximate surface area is 68.1 Å². The van der Waals surface area contributed by atoms with Crippen molar-refractivity contribution in [3.05, 3.63) is 0 Å². The Kier molecular flexibility index (Phi) is 2.74. The SMILES string of the molecule is CCNC(N)=NCC1CC1C. The van der Waals surface area contributed by atoms with Crippen molar-refractivity contribution in [2.75, 3.05) is 13.1 Å². The molecule has 0 aliphatic heterocycles. The first-order valence-corrected chi connectivity index (χ1v) is 4.27. The average Bonchev–Trinajstić information content (AvgIpc) is 2.63. The van der Waals surface area contributed by atoms with Crippen LogP contribution in [0.25, 0.3) is 0 Å². The molecule has 3 heteroatoms. The minimum absolute atomic E-state index is 0.589. The molecule has 1 rings (SSSR count). The van der Waals surface area contributed by atoms with Crippen LogP contribution in [0.15, 0.2) is 4.99 Å². The summed E-state index contributed by atoms with van der Waals surface area (Å²) in [6.45, 7) is 6.03. The minimum atomic E-state index is 0.589. The van der Waals surface area contributed by atoms with Crippen LogP contribution < -0.4 is 11.1 Å². The van der Waals surface area contributed by atoms with Crippen LogP contribution >= 0.6 is 0 Å². The van der Waals surface area contributed by atoms with Crippen molar-refractivity contribution in [1.82, 2.24) is 5.32 Å². The normalized spacial score (nSPS) is 30.2. The Morgan fingerprint density at radius 3 is 2.82 bits per heavy atom. The van der Waals surface area contributed by atoms with Crippen LogP contribution in [0, 0.1) is 11.8 Å². The molecule has 1 fully saturated rings. The Hall–Kier alpha value is -0.730. The van der Waals surface area contributed by atoms with Crippen molar-refractivity contribution in [3.8, 4) is 0 Å². The summed E-state index contributed by atoms with van der Waals surface area (Å²) in [5, 5.41) is 2.97. The molecule has 3 nitrogen and oxygen atoms in total. The molecule has 0 heterocycles. The van der Waals surface area contributed by atoms with Crippen molar-refractivity contribution >= 4 is 5.96 Å². The molecule has 64 valence electrons. The van der Waals surface area contributed by atoms with Gasteiger partial charge in [0, 0.05) is 13.1 Å². The van der Waals surface area contributed by atoms with Crippen LogP contribution in [0.2, 0.25) is 0 Å². The van der Waals surface area contributed by atoms with E-state index in [-0.39, 0.29) is 0 Å². The van der Waals surface area contributed by atoms with Crippen molar-refractivity contribution in [1.29, 1.82) is 0 Å². The molecule has 11 heavy (non-hydrogen) atoms. The number of nitrogens with one attached hydrogen (secondary N) is 1. The molecule has 1 aliphatic carbocycles. The molecule has 1 saturated carbocycles. The lowest BCUT2D eigenvalue weighted by Gasteiger charge is -2.00. The van der Waals surface area contributed by atoms with E-state index in [1.807, 2.05) is 6.92 Å². The molecular weight excluding hydrogens is 138 g/mol. The maximum Gasteiger partial charge on any atom is 0.188 e. The molecule has 0 aromatic carbocycles. The standard InChI is InChI=1S/C8H17N3/c1-3-10-8(9)11-5-7-4-6(7)2/h6-7H,3-5H2,1-2H3,(H3,9,10,11). The lowest BCUT2D eigenvalue weighted by Crippen LogP contribution is -2.31. The first-order chi connectivity index (χ1) is 5.24. The first-order valence-electron chi connectivity index (χ1n) is 4.27. The first kappa shape index (κ1) is 8.37. The van der Waals surface area contributed by atoms with Crippen LogP contribution in [-0.2, 0) is 0 Å². The van der Waals surface area contributed by atoms with Gasteiger partial charge in [-0.1, -0.05) is 6.92 Å². The highest BCUT2D eigenvalue weighted by Crippen LogP contribution is 2.37. The van der Waals surface area contributed by atoms with E-state index >= 15 is 0 Å². The Balaban J connectivity index is 2.13. The molecule has 0 radical (unpaired) electrons. The fourth-order valence-corrected chi connectivity index (χ4v) is 1.11. The van der Waals surface area contributed by atoms with E-state index < -0.39 is 0 Å². The molecule has 0 spiro atoms. The zero-order valence-corrected chi connectivity index (χ0v) is 7.30. The summed E-state index contributed by atoms with van der Waals surface area (Å²) in [4.78, 5) is 4.21. The summed E-state index contributed by atoms with van der Waals surface area (Å²) < 4.78 is 0. The molecule has 3 N–H and O–H groups in total. The lowest BCUT2D eigenvalue weighted by atomic mass is 10.3. The largest absolute Gasteiger partial charge is 0.370 e. The maximum atomic E-state index is 5.54. The number of hydrogen-bond donors (Lipinski definition) is 2. The average molecular weight is 155 g/mol. The Morgan fingerprint density at radius 1 is 1.73 bits per heavy atom. The van der Waals surface area contributed by atoms with Gasteiger partial charge in [-0.3, -0.25) is 4.99 Å². The van der Waals surface area contributed by atoms with E-state index in [4.69, 9.17) is 5.73 Å². The van der Waals surface area contributed by atoms with E-state index in [9.17, 15) is 0 Å². The van der Waals surface area contributed by atoms with Crippen LogP contribution in [0.3, 0.4) is 0 Å². The summed E-state index contributed by atoms with van der Waals surface area (Å²) in [5.74, 6) is 2.26. The maximum absolute atomic E-state index is 5.54. The second-order valence-corrected chi connectivity index (χ2v) is 3.23. The monoisotopic (exact) mass is 155 g/mol. The van der Waals surface area contributed by atoms with E-state index in [1.54, 1.807) is 0 Å². The van der Waals surface area contributed by atoms with Gasteiger partial charge in [-0.15, -0.1) is 0 Å². The third-order valence-electron chi connectivity index (χ3n) is 2.13. The predicted molar refractivity (Wildman–Crippen MR) is 47.4 cm³/mol. The summed E-state index contributed by atoms with van der Waals surface area (Å²) in [6, 6.07) is 0. The zero-order valence-electron chi connectivity index (χ0n) is 7.30. The summed E-state index contributed by atoms with van der Waals surface area (Å²) in [5.41, 5.74) is 5.54. The molecule has 0 aromatic heterocycles. The molecule has 0 amide bonds. The molecule has 0 aromatic rings. The minimum Gasteiger partial charge on any atom is -0.370 e. The van der Waals surface area contributed by atoms with Crippen molar-refractivity contribution in [2.24, 2.45) is 22.6 Å². The van der Waals surface area contributed by atoms with Crippen molar-refractivity contribution < 1.29 is 0 Å². The van der Waals surface area contributed by atoms with Gasteiger partial charge in [-0.05, 0) is 25.2 Å². The zero-order chi connectivity index (χ0) is 8.27. The van der Waals surface area contributed by atoms with E-state index in [0.717, 1.165) is 24.9 Å². The van der Waals surface area contributed by atoms with Gasteiger partial charge >= 0.3 is 0 Å². The summed E-state index contributed by atoms with van der Waals surface area (Å²) >= 11 is 0. The lowest BCUT2D eigenvalue weighted by molar-refractivity contribution is 0.755. The van der Waals surface area contributed by atoms with Gasteiger partial charge in [0.05, 0.1) is 0 Å². The summed E-state index contributed by atoms with van der Waals surface area (Å²) in [7, 11) is 0. The number of nitrogens with zero attached hydrogens (tertiary/aromatic N) is 1. The number of rotatable bonds is 3. The fourth-order valence-electron chi connectivity index (χ4n) is 1.11. The number of guanidine groups is 1. The Bertz CT molecular complexity index is 153. The Morgan fingerprint density at radius 2 is 2.36 bits per heavy atom. The van der Waals surface area contributed by atoms with E-state index in [2.05, 4.69) is 17.2 Å². The summed E-state index contributed by atoms with van der Waals surface area (Å²) in [6.07, 6.45) is 1.32. The molecule has 0 saturated heterocycles. The number of hydrogen-bond acceptors (Lipinski definition) is 1. The van der Waals surface area contributed by atoms with Gasteiger partial charge in [-0.25, -0.2) is 0 Å². The van der Waals surface area contributed by atoms with Crippen molar-refractivity contribution in [3.63, 3.8) is 0 Å². The number of aliphatic imine (C=N–C) groups is 1. The second kappa shape index (κ2) is 3.60. The highest BCUT2D eigenvalue weighted by molar-refractivity contribution is 5.77.